The molecule has 0 atom stereocenters. The van der Waals surface area contributed by atoms with Gasteiger partial charge in [0, 0.05) is 6.20 Å². The zero-order chi connectivity index (χ0) is 13.5. The highest BCUT2D eigenvalue weighted by atomic mass is 16.3. The van der Waals surface area contributed by atoms with Gasteiger partial charge >= 0.3 is 0 Å². The van der Waals surface area contributed by atoms with Gasteiger partial charge in [-0.05, 0) is 54.7 Å². The summed E-state index contributed by atoms with van der Waals surface area (Å²) in [5.41, 5.74) is 5.34. The van der Waals surface area contributed by atoms with Crippen molar-refractivity contribution in [1.82, 2.24) is 15.0 Å². The van der Waals surface area contributed by atoms with Gasteiger partial charge in [-0.2, -0.15) is 0 Å². The number of hydrogen-bond acceptors (Lipinski definition) is 4. The third-order valence-corrected chi connectivity index (χ3v) is 3.77. The van der Waals surface area contributed by atoms with E-state index in [0.29, 0.717) is 11.4 Å². The molecule has 1 aliphatic rings. The lowest BCUT2D eigenvalue weighted by Gasteiger charge is -2.06. The Morgan fingerprint density at radius 3 is 2.40 bits per heavy atom. The molecule has 0 radical (unpaired) electrons. The van der Waals surface area contributed by atoms with Gasteiger partial charge in [0.25, 0.3) is 0 Å². The van der Waals surface area contributed by atoms with Gasteiger partial charge in [0.05, 0.1) is 16.7 Å². The van der Waals surface area contributed by atoms with Crippen molar-refractivity contribution in [3.8, 4) is 17.3 Å². The maximum atomic E-state index is 10.1. The van der Waals surface area contributed by atoms with Crippen molar-refractivity contribution in [2.75, 3.05) is 0 Å². The van der Waals surface area contributed by atoms with Crippen LogP contribution in [-0.4, -0.2) is 20.1 Å². The van der Waals surface area contributed by atoms with E-state index in [4.69, 9.17) is 0 Å². The van der Waals surface area contributed by atoms with Crippen LogP contribution in [0.3, 0.4) is 0 Å². The molecule has 4 rings (SSSR count). The Labute approximate surface area is 116 Å². The zero-order valence-electron chi connectivity index (χ0n) is 10.9. The molecule has 0 aliphatic heterocycles. The van der Waals surface area contributed by atoms with Crippen molar-refractivity contribution in [1.29, 1.82) is 0 Å². The monoisotopic (exact) mass is 263 g/mol. The molecule has 98 valence electrons. The summed E-state index contributed by atoms with van der Waals surface area (Å²) in [5.74, 6) is -0.0610. The topological polar surface area (TPSA) is 58.9 Å². The molecule has 1 aromatic carbocycles. The molecule has 0 amide bonds. The van der Waals surface area contributed by atoms with Crippen LogP contribution in [0.1, 0.15) is 17.5 Å². The van der Waals surface area contributed by atoms with E-state index in [9.17, 15) is 5.11 Å². The molecule has 2 heterocycles. The lowest BCUT2D eigenvalue weighted by atomic mass is 10.1. The summed E-state index contributed by atoms with van der Waals surface area (Å²) in [6.45, 7) is 0. The van der Waals surface area contributed by atoms with Crippen LogP contribution in [0.15, 0.2) is 36.5 Å². The summed E-state index contributed by atoms with van der Waals surface area (Å²) < 4.78 is 0. The lowest BCUT2D eigenvalue weighted by Crippen LogP contribution is -1.94. The van der Waals surface area contributed by atoms with E-state index in [1.54, 1.807) is 6.20 Å². The van der Waals surface area contributed by atoms with E-state index in [2.05, 4.69) is 21.0 Å². The number of hydrogen-bond donors (Lipinski definition) is 1. The number of nitrogens with zero attached hydrogens (tertiary/aromatic N) is 3. The maximum absolute atomic E-state index is 10.1. The molecule has 3 aromatic rings. The van der Waals surface area contributed by atoms with Crippen molar-refractivity contribution in [2.45, 2.75) is 19.3 Å². The normalized spacial score (nSPS) is 13.6. The molecule has 2 aromatic heterocycles. The number of aryl methyl sites for hydroxylation is 2. The Hall–Kier alpha value is -2.49. The van der Waals surface area contributed by atoms with Crippen LogP contribution in [-0.2, 0) is 12.8 Å². The van der Waals surface area contributed by atoms with E-state index in [1.165, 1.54) is 17.5 Å². The molecule has 20 heavy (non-hydrogen) atoms. The van der Waals surface area contributed by atoms with E-state index < -0.39 is 0 Å². The zero-order valence-corrected chi connectivity index (χ0v) is 10.9. The Bertz CT molecular complexity index is 800. The van der Waals surface area contributed by atoms with Gasteiger partial charge in [-0.25, -0.2) is 9.97 Å². The van der Waals surface area contributed by atoms with Crippen LogP contribution in [0.2, 0.25) is 0 Å². The second-order valence-corrected chi connectivity index (χ2v) is 5.07. The number of rotatable bonds is 1. The number of aromatic hydroxyl groups is 1. The largest absolute Gasteiger partial charge is 0.492 e. The Morgan fingerprint density at radius 1 is 0.950 bits per heavy atom. The highest BCUT2D eigenvalue weighted by Crippen LogP contribution is 2.30. The van der Waals surface area contributed by atoms with Crippen molar-refractivity contribution >= 4 is 11.0 Å². The Balaban J connectivity index is 1.95. The average molecular weight is 263 g/mol. The van der Waals surface area contributed by atoms with Crippen molar-refractivity contribution < 1.29 is 5.11 Å². The highest BCUT2D eigenvalue weighted by Gasteiger charge is 2.16. The van der Waals surface area contributed by atoms with Gasteiger partial charge in [-0.3, -0.25) is 4.98 Å². The van der Waals surface area contributed by atoms with Crippen LogP contribution in [0.25, 0.3) is 22.4 Å². The smallest absolute Gasteiger partial charge is 0.240 e. The van der Waals surface area contributed by atoms with Gasteiger partial charge in [-0.15, -0.1) is 0 Å². The summed E-state index contributed by atoms with van der Waals surface area (Å²) in [5, 5.41) is 10.1. The number of pyridine rings is 1. The quantitative estimate of drug-likeness (QED) is 0.733. The minimum absolute atomic E-state index is 0.0610. The van der Waals surface area contributed by atoms with Gasteiger partial charge in [0.15, 0.2) is 5.69 Å². The molecule has 1 N–H and O–H groups in total. The predicted molar refractivity (Wildman–Crippen MR) is 76.5 cm³/mol. The summed E-state index contributed by atoms with van der Waals surface area (Å²) in [7, 11) is 0. The van der Waals surface area contributed by atoms with Crippen LogP contribution in [0.4, 0.5) is 0 Å². The van der Waals surface area contributed by atoms with Crippen LogP contribution < -0.4 is 0 Å². The minimum atomic E-state index is -0.0610. The molecular weight excluding hydrogens is 250 g/mol. The van der Waals surface area contributed by atoms with Crippen molar-refractivity contribution in [2.24, 2.45) is 0 Å². The summed E-state index contributed by atoms with van der Waals surface area (Å²) in [4.78, 5) is 13.1. The minimum Gasteiger partial charge on any atom is -0.492 e. The Kier molecular flexibility index (Phi) is 2.42. The van der Waals surface area contributed by atoms with Gasteiger partial charge in [-0.1, -0.05) is 6.07 Å². The van der Waals surface area contributed by atoms with E-state index in [0.717, 1.165) is 23.9 Å². The number of aromatic nitrogens is 3. The van der Waals surface area contributed by atoms with Crippen LogP contribution >= 0.6 is 0 Å². The molecule has 0 bridgehead atoms. The molecule has 0 spiro atoms. The molecule has 4 nitrogen and oxygen atoms in total. The summed E-state index contributed by atoms with van der Waals surface area (Å²) in [6, 6.07) is 9.67. The molecule has 1 aliphatic carbocycles. The Morgan fingerprint density at radius 2 is 1.70 bits per heavy atom. The standard InChI is InChI=1S/C16H13N3O/c20-16-15(12-6-1-2-7-17-12)18-13-8-10-4-3-5-11(10)9-14(13)19-16/h1-2,6-9H,3-5H2,(H,19,20). The first-order valence-electron chi connectivity index (χ1n) is 6.75. The highest BCUT2D eigenvalue weighted by molar-refractivity contribution is 5.80. The molecule has 0 saturated heterocycles. The van der Waals surface area contributed by atoms with Crippen LogP contribution in [0.5, 0.6) is 5.88 Å². The van der Waals surface area contributed by atoms with Gasteiger partial charge < -0.3 is 5.11 Å². The molecular formula is C16H13N3O. The fourth-order valence-electron chi connectivity index (χ4n) is 2.79. The number of benzene rings is 1. The molecule has 4 heteroatoms. The van der Waals surface area contributed by atoms with E-state index in [-0.39, 0.29) is 5.88 Å². The van der Waals surface area contributed by atoms with E-state index >= 15 is 0 Å². The average Bonchev–Trinajstić information content (AvgIpc) is 2.92. The van der Waals surface area contributed by atoms with Crippen LogP contribution in [0, 0.1) is 0 Å². The first-order valence-corrected chi connectivity index (χ1v) is 6.75. The fraction of sp³-hybridized carbons (Fsp3) is 0.188. The van der Waals surface area contributed by atoms with Gasteiger partial charge in [0.1, 0.15) is 0 Å². The second kappa shape index (κ2) is 4.27. The third-order valence-electron chi connectivity index (χ3n) is 3.77. The predicted octanol–water partition coefficient (Wildman–Crippen LogP) is 2.89. The number of fused-ring (bicyclic) bond motifs is 2. The first kappa shape index (κ1) is 11.3. The molecule has 0 saturated carbocycles. The van der Waals surface area contributed by atoms with Crippen molar-refractivity contribution in [3.63, 3.8) is 0 Å². The molecule has 0 fully saturated rings. The van der Waals surface area contributed by atoms with Crippen molar-refractivity contribution in [3.05, 3.63) is 47.7 Å². The fourth-order valence-corrected chi connectivity index (χ4v) is 2.79. The first-order chi connectivity index (χ1) is 9.81. The third kappa shape index (κ3) is 1.72. The summed E-state index contributed by atoms with van der Waals surface area (Å²) in [6.07, 6.45) is 5.07. The SMILES string of the molecule is Oc1nc2cc3c(cc2nc1-c1ccccn1)CCC3. The van der Waals surface area contributed by atoms with E-state index in [1.807, 2.05) is 24.3 Å². The van der Waals surface area contributed by atoms with Gasteiger partial charge in [0.2, 0.25) is 5.88 Å². The molecule has 0 unspecified atom stereocenters. The second-order valence-electron chi connectivity index (χ2n) is 5.07. The lowest BCUT2D eigenvalue weighted by molar-refractivity contribution is 0.455. The maximum Gasteiger partial charge on any atom is 0.240 e. The summed E-state index contributed by atoms with van der Waals surface area (Å²) >= 11 is 0.